The highest BCUT2D eigenvalue weighted by Gasteiger charge is 2.25. The van der Waals surface area contributed by atoms with Crippen molar-refractivity contribution in [3.63, 3.8) is 0 Å². The molecule has 1 rings (SSSR count). The first kappa shape index (κ1) is 10.5. The van der Waals surface area contributed by atoms with Crippen LogP contribution in [0.5, 0.6) is 0 Å². The molecule has 1 fully saturated rings. The van der Waals surface area contributed by atoms with Crippen molar-refractivity contribution < 1.29 is 14.6 Å². The number of rotatable bonds is 3. The first-order chi connectivity index (χ1) is 6.24. The quantitative estimate of drug-likeness (QED) is 0.679. The molecule has 2 unspecified atom stereocenters. The van der Waals surface area contributed by atoms with E-state index in [1.807, 2.05) is 0 Å². The Morgan fingerprint density at radius 2 is 2.15 bits per heavy atom. The molecular formula is C10H18O3. The van der Waals surface area contributed by atoms with Crippen molar-refractivity contribution in [1.29, 1.82) is 0 Å². The van der Waals surface area contributed by atoms with Crippen LogP contribution in [0.1, 0.15) is 39.0 Å². The number of ether oxygens (including phenoxy) is 1. The second-order valence-corrected chi connectivity index (χ2v) is 3.62. The van der Waals surface area contributed by atoms with Gasteiger partial charge in [0.25, 0.3) is 0 Å². The Morgan fingerprint density at radius 3 is 2.77 bits per heavy atom. The van der Waals surface area contributed by atoms with Crippen molar-refractivity contribution in [3.8, 4) is 0 Å². The van der Waals surface area contributed by atoms with Crippen LogP contribution in [0.4, 0.5) is 0 Å². The average molecular weight is 186 g/mol. The van der Waals surface area contributed by atoms with Gasteiger partial charge in [-0.1, -0.05) is 12.8 Å². The normalized spacial score (nSPS) is 28.5. The van der Waals surface area contributed by atoms with Gasteiger partial charge in [0.2, 0.25) is 0 Å². The van der Waals surface area contributed by atoms with Crippen molar-refractivity contribution in [2.45, 2.75) is 45.1 Å². The molecule has 1 N–H and O–H groups in total. The van der Waals surface area contributed by atoms with E-state index < -0.39 is 0 Å². The summed E-state index contributed by atoms with van der Waals surface area (Å²) in [4.78, 5) is 11.1. The van der Waals surface area contributed by atoms with Crippen LogP contribution in [0.25, 0.3) is 0 Å². The van der Waals surface area contributed by atoms with E-state index >= 15 is 0 Å². The lowest BCUT2D eigenvalue weighted by Crippen LogP contribution is -2.27. The Labute approximate surface area is 79.1 Å². The fourth-order valence-corrected chi connectivity index (χ4v) is 1.86. The Balaban J connectivity index is 2.29. The van der Waals surface area contributed by atoms with Gasteiger partial charge < -0.3 is 9.84 Å². The summed E-state index contributed by atoms with van der Waals surface area (Å²) in [5, 5.41) is 9.58. The van der Waals surface area contributed by atoms with E-state index in [0.717, 1.165) is 25.7 Å². The van der Waals surface area contributed by atoms with E-state index in [-0.39, 0.29) is 18.0 Å². The zero-order chi connectivity index (χ0) is 9.68. The van der Waals surface area contributed by atoms with Gasteiger partial charge >= 0.3 is 5.97 Å². The molecule has 76 valence electrons. The molecule has 0 aromatic rings. The van der Waals surface area contributed by atoms with E-state index in [2.05, 4.69) is 0 Å². The Kier molecular flexibility index (Phi) is 4.22. The van der Waals surface area contributed by atoms with E-state index in [1.54, 1.807) is 6.92 Å². The van der Waals surface area contributed by atoms with Crippen LogP contribution in [0, 0.1) is 5.92 Å². The Bertz CT molecular complexity index is 168. The molecule has 0 bridgehead atoms. The number of carbonyl (C=O) groups is 1. The molecule has 0 saturated heterocycles. The van der Waals surface area contributed by atoms with Gasteiger partial charge in [0, 0.05) is 0 Å². The summed E-state index contributed by atoms with van der Waals surface area (Å²) in [6, 6.07) is 0. The summed E-state index contributed by atoms with van der Waals surface area (Å²) < 4.78 is 4.84. The van der Waals surface area contributed by atoms with Gasteiger partial charge in [-0.05, 0) is 25.7 Å². The molecule has 2 atom stereocenters. The highest BCUT2D eigenvalue weighted by molar-refractivity contribution is 5.69. The standard InChI is InChI=1S/C10H18O3/c1-2-13-10(12)7-8-5-3-4-6-9(8)11/h8-9,11H,2-7H2,1H3. The summed E-state index contributed by atoms with van der Waals surface area (Å²) in [6.45, 7) is 2.23. The predicted octanol–water partition coefficient (Wildman–Crippen LogP) is 1.49. The third kappa shape index (κ3) is 3.35. The van der Waals surface area contributed by atoms with Crippen molar-refractivity contribution in [1.82, 2.24) is 0 Å². The molecule has 0 amide bonds. The second-order valence-electron chi connectivity index (χ2n) is 3.62. The van der Waals surface area contributed by atoms with Gasteiger partial charge in [-0.15, -0.1) is 0 Å². The van der Waals surface area contributed by atoms with E-state index in [1.165, 1.54) is 0 Å². The molecule has 3 nitrogen and oxygen atoms in total. The number of hydrogen-bond acceptors (Lipinski definition) is 3. The van der Waals surface area contributed by atoms with Crippen LogP contribution in [-0.4, -0.2) is 23.8 Å². The van der Waals surface area contributed by atoms with Crippen LogP contribution < -0.4 is 0 Å². The molecule has 0 radical (unpaired) electrons. The van der Waals surface area contributed by atoms with Crippen LogP contribution in [0.15, 0.2) is 0 Å². The number of aliphatic hydroxyl groups is 1. The molecule has 0 heterocycles. The zero-order valence-electron chi connectivity index (χ0n) is 8.16. The highest BCUT2D eigenvalue weighted by Crippen LogP contribution is 2.27. The minimum Gasteiger partial charge on any atom is -0.466 e. The van der Waals surface area contributed by atoms with Crippen molar-refractivity contribution in [2.75, 3.05) is 6.61 Å². The van der Waals surface area contributed by atoms with E-state index in [0.29, 0.717) is 13.0 Å². The molecule has 0 aromatic heterocycles. The summed E-state index contributed by atoms with van der Waals surface area (Å²) in [7, 11) is 0. The summed E-state index contributed by atoms with van der Waals surface area (Å²) >= 11 is 0. The van der Waals surface area contributed by atoms with Crippen molar-refractivity contribution >= 4 is 5.97 Å². The monoisotopic (exact) mass is 186 g/mol. The zero-order valence-corrected chi connectivity index (χ0v) is 8.16. The van der Waals surface area contributed by atoms with Gasteiger partial charge in [0.15, 0.2) is 0 Å². The minimum absolute atomic E-state index is 0.132. The molecule has 0 spiro atoms. The SMILES string of the molecule is CCOC(=O)CC1CCCCC1O. The second kappa shape index (κ2) is 5.22. The van der Waals surface area contributed by atoms with Crippen LogP contribution in [-0.2, 0) is 9.53 Å². The molecule has 0 aromatic carbocycles. The number of esters is 1. The van der Waals surface area contributed by atoms with E-state index in [9.17, 15) is 9.90 Å². The lowest BCUT2D eigenvalue weighted by Gasteiger charge is -2.26. The van der Waals surface area contributed by atoms with Crippen molar-refractivity contribution in [3.05, 3.63) is 0 Å². The molecule has 1 saturated carbocycles. The smallest absolute Gasteiger partial charge is 0.306 e. The van der Waals surface area contributed by atoms with Gasteiger partial charge in [0.1, 0.15) is 0 Å². The maximum Gasteiger partial charge on any atom is 0.306 e. The van der Waals surface area contributed by atoms with Crippen LogP contribution in [0.3, 0.4) is 0 Å². The third-order valence-electron chi connectivity index (χ3n) is 2.60. The van der Waals surface area contributed by atoms with Gasteiger partial charge in [-0.25, -0.2) is 0 Å². The molecule has 1 aliphatic rings. The maximum absolute atomic E-state index is 11.1. The molecular weight excluding hydrogens is 168 g/mol. The molecule has 13 heavy (non-hydrogen) atoms. The molecule has 0 aliphatic heterocycles. The van der Waals surface area contributed by atoms with E-state index in [4.69, 9.17) is 4.74 Å². The van der Waals surface area contributed by atoms with Gasteiger partial charge in [0.05, 0.1) is 19.1 Å². The maximum atomic E-state index is 11.1. The Hall–Kier alpha value is -0.570. The van der Waals surface area contributed by atoms with Crippen molar-refractivity contribution in [2.24, 2.45) is 5.92 Å². The first-order valence-corrected chi connectivity index (χ1v) is 5.07. The highest BCUT2D eigenvalue weighted by atomic mass is 16.5. The first-order valence-electron chi connectivity index (χ1n) is 5.07. The number of carbonyl (C=O) groups excluding carboxylic acids is 1. The lowest BCUT2D eigenvalue weighted by molar-refractivity contribution is -0.145. The largest absolute Gasteiger partial charge is 0.466 e. The fraction of sp³-hybridized carbons (Fsp3) is 0.900. The lowest BCUT2D eigenvalue weighted by atomic mass is 9.84. The number of aliphatic hydroxyl groups excluding tert-OH is 1. The summed E-state index contributed by atoms with van der Waals surface area (Å²) in [5.41, 5.74) is 0. The fourth-order valence-electron chi connectivity index (χ4n) is 1.86. The summed E-state index contributed by atoms with van der Waals surface area (Å²) in [5.74, 6) is -0.0405. The number of hydrogen-bond donors (Lipinski definition) is 1. The topological polar surface area (TPSA) is 46.5 Å². The Morgan fingerprint density at radius 1 is 1.46 bits per heavy atom. The van der Waals surface area contributed by atoms with Crippen LogP contribution in [0.2, 0.25) is 0 Å². The third-order valence-corrected chi connectivity index (χ3v) is 2.60. The van der Waals surface area contributed by atoms with Gasteiger partial charge in [-0.2, -0.15) is 0 Å². The molecule has 1 aliphatic carbocycles. The molecule has 3 heteroatoms. The predicted molar refractivity (Wildman–Crippen MR) is 49.2 cm³/mol. The summed E-state index contributed by atoms with van der Waals surface area (Å²) in [6.07, 6.45) is 4.10. The van der Waals surface area contributed by atoms with Crippen LogP contribution >= 0.6 is 0 Å². The van der Waals surface area contributed by atoms with Gasteiger partial charge in [-0.3, -0.25) is 4.79 Å². The average Bonchev–Trinajstić information content (AvgIpc) is 2.09. The minimum atomic E-state index is -0.293.